The number of hydrogen-bond donors (Lipinski definition) is 0. The third kappa shape index (κ3) is 1.70. The number of nitrogens with zero attached hydrogens (tertiary/aromatic N) is 1. The van der Waals surface area contributed by atoms with E-state index in [1.165, 1.54) is 16.4 Å². The normalized spacial score (nSPS) is 13.5. The fourth-order valence-electron chi connectivity index (χ4n) is 0.732. The highest BCUT2D eigenvalue weighted by Gasteiger charge is 2.07. The van der Waals surface area contributed by atoms with Crippen LogP contribution in [0.1, 0.15) is 29.3 Å². The molecule has 0 spiro atoms. The summed E-state index contributed by atoms with van der Waals surface area (Å²) in [7, 11) is 0. The van der Waals surface area contributed by atoms with Crippen molar-refractivity contribution >= 4 is 23.1 Å². The number of aryl methyl sites for hydroxylation is 1. The monoisotopic (exact) mass is 175 g/mol. The maximum absolute atomic E-state index is 5.97. The molecular weight excluding hydrogens is 166 g/mol. The third-order valence-electron chi connectivity index (χ3n) is 1.31. The van der Waals surface area contributed by atoms with E-state index in [2.05, 4.69) is 11.3 Å². The minimum atomic E-state index is 0.159. The highest BCUT2D eigenvalue weighted by Crippen LogP contribution is 2.27. The van der Waals surface area contributed by atoms with Crippen molar-refractivity contribution in [1.82, 2.24) is 4.37 Å². The Hall–Kier alpha value is -0.0800. The molecular formula is C7H10ClNS. The number of hydrogen-bond acceptors (Lipinski definition) is 2. The van der Waals surface area contributed by atoms with E-state index < -0.39 is 0 Å². The summed E-state index contributed by atoms with van der Waals surface area (Å²) in [6.45, 7) is 4.06. The Morgan fingerprint density at radius 1 is 1.80 bits per heavy atom. The molecule has 56 valence electrons. The van der Waals surface area contributed by atoms with Crippen LogP contribution in [0.15, 0.2) is 6.07 Å². The van der Waals surface area contributed by atoms with Gasteiger partial charge in [-0.05, 0) is 30.9 Å². The highest BCUT2D eigenvalue weighted by atomic mass is 35.5. The first kappa shape index (κ1) is 8.02. The van der Waals surface area contributed by atoms with E-state index in [1.807, 2.05) is 13.0 Å². The average molecular weight is 176 g/mol. The number of halogens is 1. The molecule has 1 aromatic rings. The van der Waals surface area contributed by atoms with Gasteiger partial charge >= 0.3 is 0 Å². The molecule has 0 radical (unpaired) electrons. The summed E-state index contributed by atoms with van der Waals surface area (Å²) in [6, 6.07) is 2.05. The van der Waals surface area contributed by atoms with Crippen LogP contribution in [0.3, 0.4) is 0 Å². The zero-order chi connectivity index (χ0) is 7.56. The lowest BCUT2D eigenvalue weighted by atomic mass is 10.3. The van der Waals surface area contributed by atoms with Gasteiger partial charge in [-0.25, -0.2) is 0 Å². The smallest absolute Gasteiger partial charge is 0.0692 e. The van der Waals surface area contributed by atoms with Gasteiger partial charge in [0.05, 0.1) is 11.1 Å². The summed E-state index contributed by atoms with van der Waals surface area (Å²) in [5.41, 5.74) is 1.07. The lowest BCUT2D eigenvalue weighted by molar-refractivity contribution is 0.901. The summed E-state index contributed by atoms with van der Waals surface area (Å²) in [4.78, 5) is 1.18. The number of rotatable bonds is 2. The number of alkyl halides is 1. The lowest BCUT2D eigenvalue weighted by Gasteiger charge is -1.98. The van der Waals surface area contributed by atoms with E-state index >= 15 is 0 Å². The van der Waals surface area contributed by atoms with Crippen LogP contribution in [-0.2, 0) is 0 Å². The maximum Gasteiger partial charge on any atom is 0.0692 e. The van der Waals surface area contributed by atoms with Gasteiger partial charge in [0, 0.05) is 4.88 Å². The molecule has 0 aliphatic heterocycles. The molecule has 3 heteroatoms. The van der Waals surface area contributed by atoms with Crippen LogP contribution in [0, 0.1) is 6.92 Å². The molecule has 0 saturated carbocycles. The molecule has 0 bridgehead atoms. The van der Waals surface area contributed by atoms with Gasteiger partial charge in [0.25, 0.3) is 0 Å². The Balaban J connectivity index is 2.74. The van der Waals surface area contributed by atoms with Gasteiger partial charge in [0.1, 0.15) is 0 Å². The van der Waals surface area contributed by atoms with Crippen molar-refractivity contribution in [2.75, 3.05) is 0 Å². The van der Waals surface area contributed by atoms with Gasteiger partial charge in [-0.15, -0.1) is 11.6 Å². The first-order valence-corrected chi connectivity index (χ1v) is 4.52. The van der Waals surface area contributed by atoms with E-state index in [0.29, 0.717) is 0 Å². The SMILES string of the molecule is CCC(Cl)c1cc(C)ns1. The predicted molar refractivity (Wildman–Crippen MR) is 45.7 cm³/mol. The van der Waals surface area contributed by atoms with Gasteiger partial charge in [-0.2, -0.15) is 4.37 Å². The molecule has 0 amide bonds. The van der Waals surface area contributed by atoms with Crippen LogP contribution in [-0.4, -0.2) is 4.37 Å². The molecule has 1 rings (SSSR count). The van der Waals surface area contributed by atoms with Gasteiger partial charge < -0.3 is 0 Å². The van der Waals surface area contributed by atoms with E-state index in [-0.39, 0.29) is 5.38 Å². The van der Waals surface area contributed by atoms with Crippen molar-refractivity contribution in [2.24, 2.45) is 0 Å². The van der Waals surface area contributed by atoms with Crippen LogP contribution >= 0.6 is 23.1 Å². The topological polar surface area (TPSA) is 12.9 Å². The van der Waals surface area contributed by atoms with Gasteiger partial charge in [-0.3, -0.25) is 0 Å². The zero-order valence-corrected chi connectivity index (χ0v) is 7.67. The quantitative estimate of drug-likeness (QED) is 0.630. The molecule has 0 aliphatic rings. The van der Waals surface area contributed by atoms with Gasteiger partial charge in [0.15, 0.2) is 0 Å². The number of aromatic nitrogens is 1. The summed E-state index contributed by atoms with van der Waals surface area (Å²) in [6.07, 6.45) is 0.975. The van der Waals surface area contributed by atoms with Crippen LogP contribution in [0.2, 0.25) is 0 Å². The van der Waals surface area contributed by atoms with Crippen molar-refractivity contribution in [1.29, 1.82) is 0 Å². The third-order valence-corrected chi connectivity index (χ3v) is 2.98. The molecule has 0 fully saturated rings. The molecule has 1 aromatic heterocycles. The lowest BCUT2D eigenvalue weighted by Crippen LogP contribution is -1.80. The standard InChI is InChI=1S/C7H10ClNS/c1-3-6(8)7-4-5(2)9-10-7/h4,6H,3H2,1-2H3. The minimum absolute atomic E-state index is 0.159. The Morgan fingerprint density at radius 3 is 2.90 bits per heavy atom. The molecule has 0 N–H and O–H groups in total. The fourth-order valence-corrected chi connectivity index (χ4v) is 1.72. The van der Waals surface area contributed by atoms with Crippen LogP contribution in [0.5, 0.6) is 0 Å². The molecule has 1 heterocycles. The largest absolute Gasteiger partial charge is 0.198 e. The van der Waals surface area contributed by atoms with Crippen LogP contribution < -0.4 is 0 Å². The van der Waals surface area contributed by atoms with Crippen molar-refractivity contribution in [3.8, 4) is 0 Å². The summed E-state index contributed by atoms with van der Waals surface area (Å²) < 4.78 is 4.14. The van der Waals surface area contributed by atoms with Gasteiger partial charge in [-0.1, -0.05) is 6.92 Å². The summed E-state index contributed by atoms with van der Waals surface area (Å²) in [5.74, 6) is 0. The fraction of sp³-hybridized carbons (Fsp3) is 0.571. The molecule has 1 atom stereocenters. The Kier molecular flexibility index (Phi) is 2.69. The van der Waals surface area contributed by atoms with E-state index in [0.717, 1.165) is 12.1 Å². The summed E-state index contributed by atoms with van der Waals surface area (Å²) in [5, 5.41) is 0.159. The predicted octanol–water partition coefficient (Wildman–Crippen LogP) is 3.14. The van der Waals surface area contributed by atoms with E-state index in [4.69, 9.17) is 11.6 Å². The Bertz CT molecular complexity index is 209. The molecule has 1 nitrogen and oxygen atoms in total. The maximum atomic E-state index is 5.97. The average Bonchev–Trinajstić information content (AvgIpc) is 2.34. The molecule has 0 aliphatic carbocycles. The van der Waals surface area contributed by atoms with Crippen LogP contribution in [0.4, 0.5) is 0 Å². The zero-order valence-electron chi connectivity index (χ0n) is 6.10. The van der Waals surface area contributed by atoms with Crippen LogP contribution in [0.25, 0.3) is 0 Å². The second kappa shape index (κ2) is 3.35. The van der Waals surface area contributed by atoms with Crippen molar-refractivity contribution in [2.45, 2.75) is 25.6 Å². The van der Waals surface area contributed by atoms with E-state index in [1.54, 1.807) is 0 Å². The molecule has 10 heavy (non-hydrogen) atoms. The van der Waals surface area contributed by atoms with Gasteiger partial charge in [0.2, 0.25) is 0 Å². The molecule has 1 unspecified atom stereocenters. The Labute approximate surface area is 70.2 Å². The first-order valence-electron chi connectivity index (χ1n) is 3.31. The first-order chi connectivity index (χ1) is 4.74. The summed E-state index contributed by atoms with van der Waals surface area (Å²) >= 11 is 7.47. The van der Waals surface area contributed by atoms with Crippen molar-refractivity contribution in [3.63, 3.8) is 0 Å². The van der Waals surface area contributed by atoms with Crippen molar-refractivity contribution in [3.05, 3.63) is 16.6 Å². The second-order valence-corrected chi connectivity index (χ2v) is 3.61. The van der Waals surface area contributed by atoms with Crippen molar-refractivity contribution < 1.29 is 0 Å². The molecule has 0 saturated heterocycles. The highest BCUT2D eigenvalue weighted by molar-refractivity contribution is 7.06. The minimum Gasteiger partial charge on any atom is -0.198 e. The Morgan fingerprint density at radius 2 is 2.50 bits per heavy atom. The molecule has 0 aromatic carbocycles. The van der Waals surface area contributed by atoms with E-state index in [9.17, 15) is 0 Å². The second-order valence-electron chi connectivity index (χ2n) is 2.25.